The number of hydrogen-bond acceptors (Lipinski definition) is 7. The number of cyclic esters (lactones) is 2. The van der Waals surface area contributed by atoms with Gasteiger partial charge >= 0.3 is 11.9 Å². The second kappa shape index (κ2) is 7.15. The van der Waals surface area contributed by atoms with Crippen LogP contribution in [0, 0.1) is 0 Å². The summed E-state index contributed by atoms with van der Waals surface area (Å²) in [5.74, 6) is -2.68. The summed E-state index contributed by atoms with van der Waals surface area (Å²) in [6.45, 7) is 4.19. The average molecular weight is 320 g/mol. The molecule has 0 unspecified atom stereocenters. The molecule has 2 rings (SSSR count). The number of anilines is 2. The highest BCUT2D eigenvalue weighted by molar-refractivity contribution is 6.15. The Morgan fingerprint density at radius 2 is 1.74 bits per heavy atom. The summed E-state index contributed by atoms with van der Waals surface area (Å²) in [6, 6.07) is 7.40. The number of nitrogens with one attached hydrogen (secondary N) is 2. The third-order valence-electron chi connectivity index (χ3n) is 3.04. The first kappa shape index (κ1) is 16.8. The molecule has 0 aromatic heterocycles. The largest absolute Gasteiger partial charge is 0.419 e. The van der Waals surface area contributed by atoms with Crippen molar-refractivity contribution in [1.29, 1.82) is 0 Å². The maximum absolute atomic E-state index is 11.9. The van der Waals surface area contributed by atoms with Crippen molar-refractivity contribution in [2.75, 3.05) is 30.9 Å². The van der Waals surface area contributed by atoms with E-state index >= 15 is 0 Å². The first-order valence-corrected chi connectivity index (χ1v) is 7.18. The molecule has 0 radical (unpaired) electrons. The number of ether oxygens (including phenoxy) is 3. The molecule has 124 valence electrons. The summed E-state index contributed by atoms with van der Waals surface area (Å²) in [5.41, 5.74) is 1.34. The number of carbonyl (C=O) groups is 2. The lowest BCUT2D eigenvalue weighted by atomic mass is 10.2. The van der Waals surface area contributed by atoms with E-state index < -0.39 is 17.7 Å². The lowest BCUT2D eigenvalue weighted by Gasteiger charge is -2.29. The van der Waals surface area contributed by atoms with Gasteiger partial charge in [-0.2, -0.15) is 0 Å². The van der Waals surface area contributed by atoms with E-state index in [9.17, 15) is 9.59 Å². The monoisotopic (exact) mass is 320 g/mol. The second-order valence-corrected chi connectivity index (χ2v) is 5.35. The summed E-state index contributed by atoms with van der Waals surface area (Å²) in [5, 5.41) is 6.12. The summed E-state index contributed by atoms with van der Waals surface area (Å²) in [4.78, 5) is 23.7. The molecular weight excluding hydrogens is 300 g/mol. The van der Waals surface area contributed by atoms with Crippen LogP contribution in [0.5, 0.6) is 0 Å². The molecule has 1 saturated heterocycles. The van der Waals surface area contributed by atoms with Crippen molar-refractivity contribution in [2.45, 2.75) is 19.6 Å². The van der Waals surface area contributed by atoms with Crippen molar-refractivity contribution in [2.24, 2.45) is 0 Å². The van der Waals surface area contributed by atoms with Gasteiger partial charge in [0.25, 0.3) is 5.79 Å². The van der Waals surface area contributed by atoms with Crippen molar-refractivity contribution in [3.05, 3.63) is 36.0 Å². The van der Waals surface area contributed by atoms with Crippen LogP contribution in [-0.4, -0.2) is 38.0 Å². The fourth-order valence-electron chi connectivity index (χ4n) is 1.98. The smallest absolute Gasteiger partial charge is 0.350 e. The Labute approximate surface area is 134 Å². The lowest BCUT2D eigenvalue weighted by molar-refractivity contribution is -0.222. The van der Waals surface area contributed by atoms with E-state index in [0.29, 0.717) is 18.8 Å². The first-order chi connectivity index (χ1) is 10.9. The molecule has 1 heterocycles. The molecule has 0 spiro atoms. The number of benzene rings is 1. The number of esters is 2. The quantitative estimate of drug-likeness (QED) is 0.358. The lowest BCUT2D eigenvalue weighted by Crippen LogP contribution is -2.42. The summed E-state index contributed by atoms with van der Waals surface area (Å²) < 4.78 is 15.1. The Morgan fingerprint density at radius 1 is 1.13 bits per heavy atom. The van der Waals surface area contributed by atoms with Crippen molar-refractivity contribution in [3.8, 4) is 0 Å². The van der Waals surface area contributed by atoms with Crippen LogP contribution in [0.2, 0.25) is 0 Å². The highest BCUT2D eigenvalue weighted by Crippen LogP contribution is 2.24. The van der Waals surface area contributed by atoms with Crippen LogP contribution in [0.15, 0.2) is 36.0 Å². The predicted molar refractivity (Wildman–Crippen MR) is 84.8 cm³/mol. The van der Waals surface area contributed by atoms with Gasteiger partial charge in [-0.3, -0.25) is 0 Å². The predicted octanol–water partition coefficient (Wildman–Crippen LogP) is 1.88. The fraction of sp³-hybridized carbons (Fsp3) is 0.375. The first-order valence-electron chi connectivity index (χ1n) is 7.18. The van der Waals surface area contributed by atoms with Crippen molar-refractivity contribution >= 4 is 23.3 Å². The van der Waals surface area contributed by atoms with Gasteiger partial charge in [0.05, 0.1) is 18.0 Å². The van der Waals surface area contributed by atoms with Crippen LogP contribution in [-0.2, 0) is 23.8 Å². The zero-order valence-corrected chi connectivity index (χ0v) is 13.3. The molecule has 0 aliphatic carbocycles. The van der Waals surface area contributed by atoms with E-state index in [0.717, 1.165) is 5.69 Å². The van der Waals surface area contributed by atoms with E-state index in [2.05, 4.69) is 10.6 Å². The molecule has 1 aromatic rings. The molecule has 1 aliphatic heterocycles. The number of carbonyl (C=O) groups excluding carboxylic acids is 2. The molecule has 2 N–H and O–H groups in total. The SMILES string of the molecule is COCCNc1ccccc1NC=C1C(=O)OC(C)(C)OC1=O. The van der Waals surface area contributed by atoms with Crippen LogP contribution < -0.4 is 10.6 Å². The van der Waals surface area contributed by atoms with Crippen molar-refractivity contribution in [3.63, 3.8) is 0 Å². The van der Waals surface area contributed by atoms with Gasteiger partial charge in [-0.1, -0.05) is 12.1 Å². The Hall–Kier alpha value is -2.54. The minimum absolute atomic E-state index is 0.184. The van der Waals surface area contributed by atoms with Gasteiger partial charge in [-0.05, 0) is 12.1 Å². The zero-order chi connectivity index (χ0) is 16.9. The molecule has 1 fully saturated rings. The summed E-state index contributed by atoms with van der Waals surface area (Å²) >= 11 is 0. The van der Waals surface area contributed by atoms with Crippen LogP contribution >= 0.6 is 0 Å². The number of methoxy groups -OCH3 is 1. The minimum Gasteiger partial charge on any atom is -0.419 e. The molecule has 7 nitrogen and oxygen atoms in total. The molecule has 0 saturated carbocycles. The van der Waals surface area contributed by atoms with E-state index in [1.54, 1.807) is 7.11 Å². The standard InChI is InChI=1S/C16H20N2O5/c1-16(2)22-14(19)11(15(20)23-16)10-18-13-7-5-4-6-12(13)17-8-9-21-3/h4-7,10,17-18H,8-9H2,1-3H3. The van der Waals surface area contributed by atoms with Gasteiger partial charge < -0.3 is 24.8 Å². The third kappa shape index (κ3) is 4.46. The maximum atomic E-state index is 11.9. The Kier molecular flexibility index (Phi) is 5.23. The van der Waals surface area contributed by atoms with Crippen LogP contribution in [0.4, 0.5) is 11.4 Å². The van der Waals surface area contributed by atoms with Gasteiger partial charge in [-0.25, -0.2) is 9.59 Å². The van der Waals surface area contributed by atoms with Gasteiger partial charge in [-0.15, -0.1) is 0 Å². The molecule has 7 heteroatoms. The molecular formula is C16H20N2O5. The molecule has 1 aromatic carbocycles. The van der Waals surface area contributed by atoms with Crippen LogP contribution in [0.25, 0.3) is 0 Å². The molecule has 0 atom stereocenters. The minimum atomic E-state index is -1.24. The van der Waals surface area contributed by atoms with Gasteiger partial charge in [0.2, 0.25) is 0 Å². The highest BCUT2D eigenvalue weighted by Gasteiger charge is 2.38. The zero-order valence-electron chi connectivity index (χ0n) is 13.3. The number of hydrogen-bond donors (Lipinski definition) is 2. The molecule has 0 amide bonds. The Balaban J connectivity index is 2.10. The Bertz CT molecular complexity index is 603. The van der Waals surface area contributed by atoms with Crippen molar-refractivity contribution < 1.29 is 23.8 Å². The number of rotatable bonds is 6. The average Bonchev–Trinajstić information content (AvgIpc) is 2.47. The van der Waals surface area contributed by atoms with Gasteiger partial charge in [0.1, 0.15) is 0 Å². The molecule has 0 bridgehead atoms. The topological polar surface area (TPSA) is 85.9 Å². The molecule has 23 heavy (non-hydrogen) atoms. The number of para-hydroxylation sites is 2. The van der Waals surface area contributed by atoms with E-state index in [1.165, 1.54) is 20.0 Å². The normalized spacial score (nSPS) is 16.4. The maximum Gasteiger partial charge on any atom is 0.350 e. The van der Waals surface area contributed by atoms with E-state index in [-0.39, 0.29) is 5.57 Å². The van der Waals surface area contributed by atoms with Crippen LogP contribution in [0.3, 0.4) is 0 Å². The fourth-order valence-corrected chi connectivity index (χ4v) is 1.98. The second-order valence-electron chi connectivity index (χ2n) is 5.35. The third-order valence-corrected chi connectivity index (χ3v) is 3.04. The van der Waals surface area contributed by atoms with E-state index in [1.807, 2.05) is 24.3 Å². The summed E-state index contributed by atoms with van der Waals surface area (Å²) in [7, 11) is 1.62. The molecule has 1 aliphatic rings. The Morgan fingerprint density at radius 3 is 2.35 bits per heavy atom. The summed E-state index contributed by atoms with van der Waals surface area (Å²) in [6.07, 6.45) is 1.29. The van der Waals surface area contributed by atoms with Crippen molar-refractivity contribution in [1.82, 2.24) is 0 Å². The van der Waals surface area contributed by atoms with Gasteiger partial charge in [0, 0.05) is 33.7 Å². The van der Waals surface area contributed by atoms with E-state index in [4.69, 9.17) is 14.2 Å². The van der Waals surface area contributed by atoms with Crippen LogP contribution in [0.1, 0.15) is 13.8 Å². The van der Waals surface area contributed by atoms with Gasteiger partial charge in [0.15, 0.2) is 5.57 Å². The highest BCUT2D eigenvalue weighted by atomic mass is 16.7.